The summed E-state index contributed by atoms with van der Waals surface area (Å²) in [5, 5.41) is 0. The van der Waals surface area contributed by atoms with Gasteiger partial charge < -0.3 is 9.79 Å². The zero-order valence-electron chi connectivity index (χ0n) is 9.67. The van der Waals surface area contributed by atoms with Gasteiger partial charge in [0, 0.05) is 12.8 Å². The minimum absolute atomic E-state index is 0.369. The van der Waals surface area contributed by atoms with Gasteiger partial charge in [0.15, 0.2) is 0 Å². The van der Waals surface area contributed by atoms with Gasteiger partial charge in [0.1, 0.15) is 0 Å². The molecule has 0 aliphatic heterocycles. The van der Waals surface area contributed by atoms with Crippen LogP contribution in [0.2, 0.25) is 0 Å². The number of hydrogen-bond acceptors (Lipinski definition) is 2. The molecule has 1 atom stereocenters. The standard InChI is InChI=1S/C8H14F5O4P/c1-3-5-7(11,17-18(14,15)16)8(12,13)6(9,10)4-2/h3-5H2,1-2H3,(H2,14,15,16). The van der Waals surface area contributed by atoms with Gasteiger partial charge >= 0.3 is 19.7 Å². The van der Waals surface area contributed by atoms with Crippen LogP contribution in [0.5, 0.6) is 0 Å². The van der Waals surface area contributed by atoms with Gasteiger partial charge in [-0.15, -0.1) is 0 Å². The second-order valence-corrected chi connectivity index (χ2v) is 4.86. The maximum Gasteiger partial charge on any atom is 0.472 e. The second-order valence-electron chi connectivity index (χ2n) is 3.69. The first-order valence-electron chi connectivity index (χ1n) is 5.04. The van der Waals surface area contributed by atoms with E-state index < -0.39 is 38.4 Å². The predicted octanol–water partition coefficient (Wildman–Crippen LogP) is 3.24. The van der Waals surface area contributed by atoms with E-state index >= 15 is 0 Å². The van der Waals surface area contributed by atoms with Crippen LogP contribution in [-0.2, 0) is 9.09 Å². The van der Waals surface area contributed by atoms with Gasteiger partial charge in [-0.3, -0.25) is 0 Å². The smallest absolute Gasteiger partial charge is 0.303 e. The van der Waals surface area contributed by atoms with Gasteiger partial charge in [0.2, 0.25) is 0 Å². The molecule has 4 nitrogen and oxygen atoms in total. The van der Waals surface area contributed by atoms with Crippen LogP contribution in [0, 0.1) is 0 Å². The normalized spacial score (nSPS) is 17.6. The van der Waals surface area contributed by atoms with Crippen LogP contribution in [-0.4, -0.2) is 27.5 Å². The minimum atomic E-state index is -5.68. The molecular weight excluding hydrogens is 286 g/mol. The molecule has 0 heterocycles. The summed E-state index contributed by atoms with van der Waals surface area (Å²) in [5.41, 5.74) is 0. The van der Waals surface area contributed by atoms with Crippen LogP contribution in [0.25, 0.3) is 0 Å². The number of phosphoric ester groups is 1. The highest BCUT2D eigenvalue weighted by molar-refractivity contribution is 7.46. The molecule has 18 heavy (non-hydrogen) atoms. The fourth-order valence-corrected chi connectivity index (χ4v) is 1.85. The Kier molecular flexibility index (Phi) is 5.33. The van der Waals surface area contributed by atoms with Gasteiger partial charge in [0.05, 0.1) is 0 Å². The molecular formula is C8H14F5O4P. The molecule has 0 aromatic rings. The van der Waals surface area contributed by atoms with E-state index in [0.29, 0.717) is 6.92 Å². The van der Waals surface area contributed by atoms with Crippen molar-refractivity contribution < 1.29 is 40.8 Å². The SMILES string of the molecule is CCCC(F)(OP(=O)(O)O)C(F)(F)C(F)(F)CC. The predicted molar refractivity (Wildman–Crippen MR) is 52.1 cm³/mol. The van der Waals surface area contributed by atoms with Crippen LogP contribution in [0.3, 0.4) is 0 Å². The summed E-state index contributed by atoms with van der Waals surface area (Å²) in [5.74, 6) is -14.6. The number of phosphoric acid groups is 1. The third kappa shape index (κ3) is 3.63. The monoisotopic (exact) mass is 300 g/mol. The molecule has 1 unspecified atom stereocenters. The van der Waals surface area contributed by atoms with Crippen molar-refractivity contribution in [3.8, 4) is 0 Å². The molecule has 10 heteroatoms. The molecule has 0 aromatic heterocycles. The lowest BCUT2D eigenvalue weighted by molar-refractivity contribution is -0.329. The topological polar surface area (TPSA) is 66.8 Å². The summed E-state index contributed by atoms with van der Waals surface area (Å²) >= 11 is 0. The quantitative estimate of drug-likeness (QED) is 0.559. The molecule has 0 bridgehead atoms. The number of rotatable bonds is 7. The fraction of sp³-hybridized carbons (Fsp3) is 1.00. The molecule has 0 rings (SSSR count). The molecule has 2 N–H and O–H groups in total. The Hall–Kier alpha value is -0.240. The fourth-order valence-electron chi connectivity index (χ4n) is 1.27. The average molecular weight is 300 g/mol. The Labute approximate surface area is 100 Å². The van der Waals surface area contributed by atoms with E-state index in [1.165, 1.54) is 6.92 Å². The highest BCUT2D eigenvalue weighted by Crippen LogP contribution is 2.55. The van der Waals surface area contributed by atoms with Gasteiger partial charge in [-0.05, 0) is 0 Å². The lowest BCUT2D eigenvalue weighted by atomic mass is 9.97. The Bertz CT molecular complexity index is 331. The number of halogens is 5. The van der Waals surface area contributed by atoms with Crippen molar-refractivity contribution in [3.05, 3.63) is 0 Å². The van der Waals surface area contributed by atoms with E-state index in [-0.39, 0.29) is 6.42 Å². The average Bonchev–Trinajstić information content (AvgIpc) is 2.14. The van der Waals surface area contributed by atoms with Gasteiger partial charge in [-0.25, -0.2) is 13.5 Å². The third-order valence-electron chi connectivity index (χ3n) is 2.21. The maximum absolute atomic E-state index is 13.8. The Morgan fingerprint density at radius 3 is 1.83 bits per heavy atom. The third-order valence-corrected chi connectivity index (χ3v) is 2.73. The van der Waals surface area contributed by atoms with E-state index in [2.05, 4.69) is 4.52 Å². The number of alkyl halides is 5. The van der Waals surface area contributed by atoms with E-state index in [1.807, 2.05) is 0 Å². The zero-order valence-corrected chi connectivity index (χ0v) is 10.6. The van der Waals surface area contributed by atoms with Crippen molar-refractivity contribution in [1.82, 2.24) is 0 Å². The molecule has 0 amide bonds. The van der Waals surface area contributed by atoms with E-state index in [4.69, 9.17) is 9.79 Å². The van der Waals surface area contributed by atoms with E-state index in [0.717, 1.165) is 0 Å². The van der Waals surface area contributed by atoms with E-state index in [9.17, 15) is 26.5 Å². The first-order valence-corrected chi connectivity index (χ1v) is 6.57. The van der Waals surface area contributed by atoms with Crippen LogP contribution in [0.15, 0.2) is 0 Å². The molecule has 0 fully saturated rings. The summed E-state index contributed by atoms with van der Waals surface area (Å²) in [6.45, 7) is 1.87. The molecule has 0 saturated carbocycles. The van der Waals surface area contributed by atoms with Crippen molar-refractivity contribution in [2.24, 2.45) is 0 Å². The van der Waals surface area contributed by atoms with Crippen LogP contribution < -0.4 is 0 Å². The highest BCUT2D eigenvalue weighted by atomic mass is 31.2. The maximum atomic E-state index is 13.8. The Balaban J connectivity index is 5.52. The molecule has 0 saturated heterocycles. The number of hydrogen-bond donors (Lipinski definition) is 2. The van der Waals surface area contributed by atoms with Gasteiger partial charge in [-0.1, -0.05) is 20.3 Å². The first kappa shape index (κ1) is 17.8. The van der Waals surface area contributed by atoms with Crippen molar-refractivity contribution in [2.75, 3.05) is 0 Å². The van der Waals surface area contributed by atoms with Crippen LogP contribution in [0.4, 0.5) is 22.0 Å². The second kappa shape index (κ2) is 5.40. The Morgan fingerprint density at radius 2 is 1.56 bits per heavy atom. The zero-order chi connectivity index (χ0) is 14.8. The largest absolute Gasteiger partial charge is 0.472 e. The molecule has 0 aliphatic carbocycles. The van der Waals surface area contributed by atoms with Crippen LogP contribution in [0.1, 0.15) is 33.1 Å². The van der Waals surface area contributed by atoms with Gasteiger partial charge in [-0.2, -0.15) is 17.6 Å². The van der Waals surface area contributed by atoms with Crippen molar-refractivity contribution >= 4 is 7.82 Å². The first-order chi connectivity index (χ1) is 7.83. The van der Waals surface area contributed by atoms with Gasteiger partial charge in [0.25, 0.3) is 5.85 Å². The molecule has 0 aliphatic rings. The molecule has 0 aromatic carbocycles. The summed E-state index contributed by atoms with van der Waals surface area (Å²) in [6, 6.07) is 0. The van der Waals surface area contributed by atoms with Crippen molar-refractivity contribution in [3.63, 3.8) is 0 Å². The summed E-state index contributed by atoms with van der Waals surface area (Å²) in [4.78, 5) is 16.7. The highest BCUT2D eigenvalue weighted by Gasteiger charge is 2.71. The molecule has 110 valence electrons. The summed E-state index contributed by atoms with van der Waals surface area (Å²) < 4.78 is 80.3. The molecule has 0 spiro atoms. The minimum Gasteiger partial charge on any atom is -0.303 e. The van der Waals surface area contributed by atoms with E-state index in [1.54, 1.807) is 0 Å². The lowest BCUT2D eigenvalue weighted by Gasteiger charge is -2.36. The Morgan fingerprint density at radius 1 is 1.11 bits per heavy atom. The van der Waals surface area contributed by atoms with Crippen molar-refractivity contribution in [2.45, 2.75) is 50.8 Å². The summed E-state index contributed by atoms with van der Waals surface area (Å²) in [7, 11) is -5.68. The van der Waals surface area contributed by atoms with Crippen molar-refractivity contribution in [1.29, 1.82) is 0 Å². The van der Waals surface area contributed by atoms with Crippen LogP contribution >= 0.6 is 7.82 Å². The summed E-state index contributed by atoms with van der Waals surface area (Å²) in [6.07, 6.45) is -3.05. The molecule has 0 radical (unpaired) electrons. The lowest BCUT2D eigenvalue weighted by Crippen LogP contribution is -2.57.